The van der Waals surface area contributed by atoms with E-state index < -0.39 is 22.9 Å². The Morgan fingerprint density at radius 3 is 2.57 bits per heavy atom. The first-order valence-corrected chi connectivity index (χ1v) is 11.2. The van der Waals surface area contributed by atoms with Gasteiger partial charge in [-0.1, -0.05) is 11.6 Å². The molecule has 2 saturated heterocycles. The maximum Gasteiger partial charge on any atom is 0.250 e. The number of fused-ring (bicyclic) bond motifs is 4. The van der Waals surface area contributed by atoms with E-state index >= 15 is 0 Å². The maximum atomic E-state index is 13.5. The summed E-state index contributed by atoms with van der Waals surface area (Å²) in [5, 5.41) is 6.80. The van der Waals surface area contributed by atoms with Crippen LogP contribution >= 0.6 is 23.4 Å². The second kappa shape index (κ2) is 6.47. The third-order valence-electron chi connectivity index (χ3n) is 5.98. The first kappa shape index (κ1) is 19.7. The fourth-order valence-electron chi connectivity index (χ4n) is 4.93. The number of nitrogens with zero attached hydrogens (tertiary/aromatic N) is 1. The van der Waals surface area contributed by atoms with E-state index in [0.29, 0.717) is 22.7 Å². The van der Waals surface area contributed by atoms with Gasteiger partial charge in [-0.05, 0) is 57.4 Å². The number of benzene rings is 1. The summed E-state index contributed by atoms with van der Waals surface area (Å²) in [5.41, 5.74) is -0.610. The lowest BCUT2D eigenvalue weighted by Crippen LogP contribution is -2.55. The number of imide groups is 1. The van der Waals surface area contributed by atoms with Crippen molar-refractivity contribution in [3.63, 3.8) is 0 Å². The Bertz CT molecular complexity index is 884. The van der Waals surface area contributed by atoms with Gasteiger partial charge in [-0.2, -0.15) is 11.8 Å². The number of nitrogens with one attached hydrogen (secondary N) is 2. The van der Waals surface area contributed by atoms with Gasteiger partial charge in [0.1, 0.15) is 5.54 Å². The Labute approximate surface area is 173 Å². The minimum atomic E-state index is -1.26. The molecule has 1 aromatic rings. The summed E-state index contributed by atoms with van der Waals surface area (Å²) in [7, 11) is 0. The van der Waals surface area contributed by atoms with Crippen molar-refractivity contribution in [2.45, 2.75) is 44.3 Å². The summed E-state index contributed by atoms with van der Waals surface area (Å²) in [6, 6.07) is 4.93. The zero-order valence-electron chi connectivity index (χ0n) is 16.3. The smallest absolute Gasteiger partial charge is 0.250 e. The van der Waals surface area contributed by atoms with Crippen molar-refractivity contribution < 1.29 is 14.4 Å². The van der Waals surface area contributed by atoms with Crippen LogP contribution in [0.4, 0.5) is 5.69 Å². The lowest BCUT2D eigenvalue weighted by molar-refractivity contribution is -0.147. The topological polar surface area (TPSA) is 78.5 Å². The summed E-state index contributed by atoms with van der Waals surface area (Å²) in [6.45, 7) is 5.54. The highest BCUT2D eigenvalue weighted by Gasteiger charge is 2.71. The number of rotatable bonds is 3. The van der Waals surface area contributed by atoms with Crippen LogP contribution in [-0.2, 0) is 19.9 Å². The molecule has 3 amide bonds. The van der Waals surface area contributed by atoms with E-state index in [2.05, 4.69) is 10.6 Å². The molecule has 1 spiro atoms. The standard InChI is InChI=1S/C20H24ClN3O3S/c1-19(2,3)24-16(25)14-13(7-8-28-4)23-20(15(14)17(24)26)11-9-10(21)5-6-12(11)22-18(20)27/h5-6,9,13-15,23H,7-8H2,1-4H3,(H,22,27)/t13-,14+,15+,20-/m0/s1. The van der Waals surface area contributed by atoms with Crippen LogP contribution in [0.5, 0.6) is 0 Å². The lowest BCUT2D eigenvalue weighted by Gasteiger charge is -2.34. The van der Waals surface area contributed by atoms with E-state index in [9.17, 15) is 14.4 Å². The van der Waals surface area contributed by atoms with Gasteiger partial charge in [0.05, 0.1) is 11.8 Å². The van der Waals surface area contributed by atoms with Crippen LogP contribution in [-0.4, -0.2) is 46.2 Å². The van der Waals surface area contributed by atoms with Gasteiger partial charge in [0.15, 0.2) is 0 Å². The predicted molar refractivity (Wildman–Crippen MR) is 110 cm³/mol. The fourth-order valence-corrected chi connectivity index (χ4v) is 5.59. The number of thioether (sulfide) groups is 1. The van der Waals surface area contributed by atoms with E-state index in [1.54, 1.807) is 30.0 Å². The van der Waals surface area contributed by atoms with Gasteiger partial charge in [-0.25, -0.2) is 0 Å². The zero-order chi connectivity index (χ0) is 20.4. The summed E-state index contributed by atoms with van der Waals surface area (Å²) in [4.78, 5) is 41.4. The minimum absolute atomic E-state index is 0.193. The average Bonchev–Trinajstić information content (AvgIpc) is 3.18. The van der Waals surface area contributed by atoms with Crippen LogP contribution < -0.4 is 10.6 Å². The van der Waals surface area contributed by atoms with Gasteiger partial charge >= 0.3 is 0 Å². The van der Waals surface area contributed by atoms with Gasteiger partial charge in [0.25, 0.3) is 0 Å². The Morgan fingerprint density at radius 2 is 1.93 bits per heavy atom. The number of carbonyl (C=O) groups is 3. The van der Waals surface area contributed by atoms with Gasteiger partial charge in [0, 0.05) is 27.9 Å². The molecule has 2 N–H and O–H groups in total. The number of carbonyl (C=O) groups excluding carboxylic acids is 3. The number of hydrogen-bond donors (Lipinski definition) is 2. The Balaban J connectivity index is 1.89. The zero-order valence-corrected chi connectivity index (χ0v) is 17.9. The van der Waals surface area contributed by atoms with Crippen LogP contribution in [0.2, 0.25) is 5.02 Å². The molecule has 28 heavy (non-hydrogen) atoms. The van der Waals surface area contributed by atoms with E-state index in [1.165, 1.54) is 4.90 Å². The van der Waals surface area contributed by atoms with Crippen molar-refractivity contribution in [1.82, 2.24) is 10.2 Å². The van der Waals surface area contributed by atoms with Crippen LogP contribution in [0.3, 0.4) is 0 Å². The van der Waals surface area contributed by atoms with Crippen LogP contribution in [0.25, 0.3) is 0 Å². The molecule has 0 aliphatic carbocycles. The van der Waals surface area contributed by atoms with E-state index in [1.807, 2.05) is 27.0 Å². The normalized spacial score (nSPS) is 31.5. The highest BCUT2D eigenvalue weighted by Crippen LogP contribution is 2.54. The summed E-state index contributed by atoms with van der Waals surface area (Å²) in [6.07, 6.45) is 2.70. The van der Waals surface area contributed by atoms with Gasteiger partial charge in [-0.3, -0.25) is 24.6 Å². The number of likely N-dealkylation sites (tertiary alicyclic amines) is 1. The second-order valence-electron chi connectivity index (χ2n) is 8.67. The van der Waals surface area contributed by atoms with Crippen LogP contribution in [0.1, 0.15) is 32.8 Å². The molecular formula is C20H24ClN3O3S. The third-order valence-corrected chi connectivity index (χ3v) is 6.86. The first-order chi connectivity index (χ1) is 13.1. The molecule has 0 saturated carbocycles. The molecule has 0 unspecified atom stereocenters. The molecule has 4 atom stereocenters. The van der Waals surface area contributed by atoms with Crippen LogP contribution in [0.15, 0.2) is 18.2 Å². The Hall–Kier alpha value is -1.57. The van der Waals surface area contributed by atoms with Crippen molar-refractivity contribution in [3.8, 4) is 0 Å². The third kappa shape index (κ3) is 2.56. The SMILES string of the molecule is CSCC[C@@H]1N[C@]2(C(=O)Nc3ccc(Cl)cc32)[C@H]2C(=O)N(C(C)(C)C)C(=O)[C@H]12. The van der Waals surface area contributed by atoms with E-state index in [4.69, 9.17) is 11.6 Å². The van der Waals surface area contributed by atoms with Crippen LogP contribution in [0, 0.1) is 11.8 Å². The molecule has 0 radical (unpaired) electrons. The van der Waals surface area contributed by atoms with Gasteiger partial charge < -0.3 is 5.32 Å². The Morgan fingerprint density at radius 1 is 1.21 bits per heavy atom. The maximum absolute atomic E-state index is 13.5. The molecule has 150 valence electrons. The molecular weight excluding hydrogens is 398 g/mol. The molecule has 3 aliphatic heterocycles. The fraction of sp³-hybridized carbons (Fsp3) is 0.550. The lowest BCUT2D eigenvalue weighted by atomic mass is 9.76. The van der Waals surface area contributed by atoms with Crippen molar-refractivity contribution in [2.75, 3.05) is 17.3 Å². The second-order valence-corrected chi connectivity index (χ2v) is 10.1. The van der Waals surface area contributed by atoms with Gasteiger partial charge in [-0.15, -0.1) is 0 Å². The number of hydrogen-bond acceptors (Lipinski definition) is 5. The Kier molecular flexibility index (Phi) is 4.56. The van der Waals surface area contributed by atoms with Crippen molar-refractivity contribution in [1.29, 1.82) is 0 Å². The molecule has 4 rings (SSSR count). The highest BCUT2D eigenvalue weighted by molar-refractivity contribution is 7.98. The summed E-state index contributed by atoms with van der Waals surface area (Å²) < 4.78 is 0. The molecule has 8 heteroatoms. The molecule has 1 aromatic carbocycles. The number of anilines is 1. The monoisotopic (exact) mass is 421 g/mol. The average molecular weight is 422 g/mol. The van der Waals surface area contributed by atoms with E-state index in [-0.39, 0.29) is 23.8 Å². The minimum Gasteiger partial charge on any atom is -0.324 e. The first-order valence-electron chi connectivity index (χ1n) is 9.39. The quantitative estimate of drug-likeness (QED) is 0.733. The number of halogens is 1. The van der Waals surface area contributed by atoms with Crippen molar-refractivity contribution in [2.24, 2.45) is 11.8 Å². The molecule has 0 bridgehead atoms. The van der Waals surface area contributed by atoms with Crippen molar-refractivity contribution in [3.05, 3.63) is 28.8 Å². The molecule has 6 nitrogen and oxygen atoms in total. The molecule has 3 heterocycles. The molecule has 2 fully saturated rings. The highest BCUT2D eigenvalue weighted by atomic mass is 35.5. The number of amides is 3. The van der Waals surface area contributed by atoms with Gasteiger partial charge in [0.2, 0.25) is 17.7 Å². The predicted octanol–water partition coefficient (Wildman–Crippen LogP) is 2.61. The largest absolute Gasteiger partial charge is 0.324 e. The summed E-state index contributed by atoms with van der Waals surface area (Å²) >= 11 is 7.91. The molecule has 0 aromatic heterocycles. The van der Waals surface area contributed by atoms with E-state index in [0.717, 1.165) is 5.75 Å². The van der Waals surface area contributed by atoms with Crippen molar-refractivity contribution >= 4 is 46.8 Å². The molecule has 3 aliphatic rings. The summed E-state index contributed by atoms with van der Waals surface area (Å²) in [5.74, 6) is -1.27.